The van der Waals surface area contributed by atoms with E-state index in [-0.39, 0.29) is 0 Å². The zero-order valence-electron chi connectivity index (χ0n) is 21.7. The lowest BCUT2D eigenvalue weighted by Crippen LogP contribution is -2.36. The first-order chi connectivity index (χ1) is 18.1. The van der Waals surface area contributed by atoms with Crippen molar-refractivity contribution in [3.05, 3.63) is 29.8 Å². The number of halogens is 6. The number of carbonyl (C=O) groups is 2. The summed E-state index contributed by atoms with van der Waals surface area (Å²) in [4.78, 5) is 22.9. The molecule has 2 saturated heterocycles. The van der Waals surface area contributed by atoms with Gasteiger partial charge in [-0.3, -0.25) is 4.90 Å². The summed E-state index contributed by atoms with van der Waals surface area (Å²) in [7, 11) is 4.00. The second-order valence-corrected chi connectivity index (χ2v) is 10.2. The van der Waals surface area contributed by atoms with Gasteiger partial charge in [0.05, 0.1) is 13.7 Å². The van der Waals surface area contributed by atoms with Gasteiger partial charge in [-0.2, -0.15) is 26.3 Å². The number of aliphatic carboxylic acids is 2. The molecular formula is C25H34F6N2O6. The van der Waals surface area contributed by atoms with E-state index in [1.807, 2.05) is 0 Å². The molecule has 4 rings (SSSR count). The van der Waals surface area contributed by atoms with Gasteiger partial charge in [0, 0.05) is 44.1 Å². The van der Waals surface area contributed by atoms with Crippen molar-refractivity contribution in [1.29, 1.82) is 0 Å². The van der Waals surface area contributed by atoms with E-state index in [9.17, 15) is 26.3 Å². The maximum absolute atomic E-state index is 10.6. The van der Waals surface area contributed by atoms with Crippen molar-refractivity contribution in [3.8, 4) is 5.75 Å². The second-order valence-electron chi connectivity index (χ2n) is 10.2. The molecule has 2 N–H and O–H groups in total. The quantitative estimate of drug-likeness (QED) is 0.471. The Morgan fingerprint density at radius 3 is 1.97 bits per heavy atom. The number of alkyl halides is 6. The lowest BCUT2D eigenvalue weighted by Gasteiger charge is -2.30. The fourth-order valence-electron chi connectivity index (χ4n) is 4.76. The monoisotopic (exact) mass is 572 g/mol. The third-order valence-electron chi connectivity index (χ3n) is 6.87. The van der Waals surface area contributed by atoms with E-state index >= 15 is 0 Å². The van der Waals surface area contributed by atoms with Crippen molar-refractivity contribution in [2.45, 2.75) is 38.2 Å². The first-order valence-corrected chi connectivity index (χ1v) is 12.3. The molecule has 3 fully saturated rings. The van der Waals surface area contributed by atoms with E-state index in [2.05, 4.69) is 41.1 Å². The van der Waals surface area contributed by atoms with Crippen molar-refractivity contribution in [1.82, 2.24) is 9.80 Å². The van der Waals surface area contributed by atoms with E-state index < -0.39 is 24.3 Å². The first-order valence-electron chi connectivity index (χ1n) is 12.3. The number of hydrogen-bond donors (Lipinski definition) is 2. The summed E-state index contributed by atoms with van der Waals surface area (Å²) < 4.78 is 74.8. The molecule has 0 unspecified atom stereocenters. The maximum Gasteiger partial charge on any atom is 0.490 e. The molecule has 1 spiro atoms. The number of carboxylic acid groups (broad SMARTS) is 2. The number of benzene rings is 1. The normalized spacial score (nSPS) is 23.5. The van der Waals surface area contributed by atoms with Crippen LogP contribution in [-0.4, -0.2) is 97.9 Å². The van der Waals surface area contributed by atoms with E-state index in [0.29, 0.717) is 11.3 Å². The minimum atomic E-state index is -5.08. The fraction of sp³-hybridized carbons (Fsp3) is 0.680. The van der Waals surface area contributed by atoms with E-state index in [1.54, 1.807) is 7.11 Å². The van der Waals surface area contributed by atoms with Gasteiger partial charge >= 0.3 is 24.3 Å². The van der Waals surface area contributed by atoms with Crippen LogP contribution in [-0.2, 0) is 20.9 Å². The van der Waals surface area contributed by atoms with E-state index in [4.69, 9.17) is 29.3 Å². The molecule has 2 atom stereocenters. The number of rotatable bonds is 7. The molecule has 2 aliphatic heterocycles. The van der Waals surface area contributed by atoms with Gasteiger partial charge in [-0.1, -0.05) is 12.1 Å². The van der Waals surface area contributed by atoms with Crippen LogP contribution in [0, 0.1) is 17.3 Å². The van der Waals surface area contributed by atoms with Crippen LogP contribution in [0.1, 0.15) is 24.8 Å². The average Bonchev–Trinajstić information content (AvgIpc) is 3.50. The Kier molecular flexibility index (Phi) is 11.4. The van der Waals surface area contributed by atoms with Crippen LogP contribution >= 0.6 is 0 Å². The second kappa shape index (κ2) is 13.7. The molecule has 1 aromatic rings. The van der Waals surface area contributed by atoms with Crippen LogP contribution in [0.15, 0.2) is 24.3 Å². The van der Waals surface area contributed by atoms with Crippen molar-refractivity contribution in [3.63, 3.8) is 0 Å². The zero-order chi connectivity index (χ0) is 29.4. The van der Waals surface area contributed by atoms with Crippen LogP contribution in [0.3, 0.4) is 0 Å². The van der Waals surface area contributed by atoms with Gasteiger partial charge in [-0.15, -0.1) is 0 Å². The minimum Gasteiger partial charge on any atom is -0.497 e. The number of likely N-dealkylation sites (tertiary alicyclic amines) is 2. The summed E-state index contributed by atoms with van der Waals surface area (Å²) in [5.41, 5.74) is 1.82. The summed E-state index contributed by atoms with van der Waals surface area (Å²) in [6.07, 6.45) is -6.10. The topological polar surface area (TPSA) is 99.5 Å². The number of nitrogens with zero attached hydrogens (tertiary/aromatic N) is 2. The molecule has 1 aromatic carbocycles. The molecule has 39 heavy (non-hydrogen) atoms. The predicted octanol–water partition coefficient (Wildman–Crippen LogP) is 4.14. The van der Waals surface area contributed by atoms with Crippen molar-refractivity contribution >= 4 is 11.9 Å². The standard InChI is InChI=1S/C21H32N2O2.2C2HF3O2/c1-22-12-19(14-25-13-18-3-4-18)21(15-22)9-10-23(16-21)11-17-5-7-20(24-2)8-6-17;2*3-2(4,5)1(6)7/h5-8,18-19H,3-4,9-16H2,1-2H3;2*(H,6,7)/t19-,21+;;/m0../s1. The molecule has 8 nitrogen and oxygen atoms in total. The summed E-state index contributed by atoms with van der Waals surface area (Å²) in [6, 6.07) is 8.53. The molecule has 222 valence electrons. The molecule has 14 heteroatoms. The van der Waals surface area contributed by atoms with Crippen LogP contribution in [0.2, 0.25) is 0 Å². The third kappa shape index (κ3) is 10.8. The molecule has 2 heterocycles. The largest absolute Gasteiger partial charge is 0.497 e. The van der Waals surface area contributed by atoms with E-state index in [1.165, 1.54) is 51.0 Å². The van der Waals surface area contributed by atoms with Crippen LogP contribution in [0.4, 0.5) is 26.3 Å². The summed E-state index contributed by atoms with van der Waals surface area (Å²) >= 11 is 0. The van der Waals surface area contributed by atoms with Crippen molar-refractivity contribution in [2.75, 3.05) is 53.6 Å². The van der Waals surface area contributed by atoms with Gasteiger partial charge in [0.1, 0.15) is 5.75 Å². The Balaban J connectivity index is 0.000000317. The molecular weight excluding hydrogens is 538 g/mol. The molecule has 1 saturated carbocycles. The van der Waals surface area contributed by atoms with Crippen LogP contribution < -0.4 is 4.74 Å². The smallest absolute Gasteiger partial charge is 0.490 e. The SMILES string of the molecule is COc1ccc(CN2CC[C@@]3(CN(C)C[C@H]3COCC3CC3)C2)cc1.O=C(O)C(F)(F)F.O=C(O)C(F)(F)F. The average molecular weight is 573 g/mol. The Morgan fingerprint density at radius 1 is 0.974 bits per heavy atom. The highest BCUT2D eigenvalue weighted by molar-refractivity contribution is 5.73. The van der Waals surface area contributed by atoms with E-state index in [0.717, 1.165) is 31.4 Å². The fourth-order valence-corrected chi connectivity index (χ4v) is 4.76. The van der Waals surface area contributed by atoms with Gasteiger partial charge in [0.25, 0.3) is 0 Å². The highest BCUT2D eigenvalue weighted by Gasteiger charge is 2.49. The molecule has 0 aromatic heterocycles. The summed E-state index contributed by atoms with van der Waals surface area (Å²) in [5, 5.41) is 14.2. The zero-order valence-corrected chi connectivity index (χ0v) is 21.7. The van der Waals surface area contributed by atoms with Gasteiger partial charge < -0.3 is 24.6 Å². The maximum atomic E-state index is 10.6. The lowest BCUT2D eigenvalue weighted by atomic mass is 9.77. The number of ether oxygens (including phenoxy) is 2. The first kappa shape index (κ1) is 32.6. The molecule has 0 bridgehead atoms. The third-order valence-corrected chi connectivity index (χ3v) is 6.87. The minimum absolute atomic E-state index is 0.435. The Hall–Kier alpha value is -2.58. The summed E-state index contributed by atoms with van der Waals surface area (Å²) in [5.74, 6) is -3.02. The van der Waals surface area contributed by atoms with Crippen LogP contribution in [0.25, 0.3) is 0 Å². The molecule has 3 aliphatic rings. The summed E-state index contributed by atoms with van der Waals surface area (Å²) in [6.45, 7) is 7.83. The Morgan fingerprint density at radius 2 is 1.51 bits per heavy atom. The van der Waals surface area contributed by atoms with Crippen molar-refractivity contribution in [2.24, 2.45) is 17.3 Å². The van der Waals surface area contributed by atoms with Crippen molar-refractivity contribution < 1.29 is 55.6 Å². The van der Waals surface area contributed by atoms with Gasteiger partial charge in [0.2, 0.25) is 0 Å². The van der Waals surface area contributed by atoms with Gasteiger partial charge in [-0.05, 0) is 56.5 Å². The molecule has 0 amide bonds. The van der Waals surface area contributed by atoms with Gasteiger partial charge in [-0.25, -0.2) is 9.59 Å². The number of hydrogen-bond acceptors (Lipinski definition) is 6. The van der Waals surface area contributed by atoms with Gasteiger partial charge in [0.15, 0.2) is 0 Å². The molecule has 0 radical (unpaired) electrons. The Labute approximate surface area is 222 Å². The van der Waals surface area contributed by atoms with Crippen LogP contribution in [0.5, 0.6) is 5.75 Å². The highest BCUT2D eigenvalue weighted by atomic mass is 19.4. The Bertz CT molecular complexity index is 914. The molecule has 1 aliphatic carbocycles. The highest BCUT2D eigenvalue weighted by Crippen LogP contribution is 2.44. The predicted molar refractivity (Wildman–Crippen MR) is 127 cm³/mol. The number of carboxylic acids is 2. The lowest BCUT2D eigenvalue weighted by molar-refractivity contribution is -0.193. The number of methoxy groups -OCH3 is 1.